The third kappa shape index (κ3) is 2.66. The number of ether oxygens (including phenoxy) is 1. The third-order valence-corrected chi connectivity index (χ3v) is 3.78. The second-order valence-electron chi connectivity index (χ2n) is 3.96. The zero-order valence-corrected chi connectivity index (χ0v) is 11.5. The van der Waals surface area contributed by atoms with Crippen LogP contribution in [0.3, 0.4) is 0 Å². The van der Waals surface area contributed by atoms with Crippen LogP contribution < -0.4 is 4.74 Å². The van der Waals surface area contributed by atoms with Crippen LogP contribution in [-0.2, 0) is 6.61 Å². The van der Waals surface area contributed by atoms with E-state index in [2.05, 4.69) is 30.9 Å². The molecule has 0 bridgehead atoms. The minimum atomic E-state index is 0.371. The largest absolute Gasteiger partial charge is 0.487 e. The standard InChI is InChI=1S/C12H13BrN2O2/c1-7-4-10(5-8(2)12(7)13)16-6-11-9(3)14-17-15-11/h4-5H,6H2,1-3H3. The monoisotopic (exact) mass is 296 g/mol. The summed E-state index contributed by atoms with van der Waals surface area (Å²) >= 11 is 3.52. The summed E-state index contributed by atoms with van der Waals surface area (Å²) in [7, 11) is 0. The Kier molecular flexibility index (Phi) is 3.47. The minimum absolute atomic E-state index is 0.371. The van der Waals surface area contributed by atoms with Crippen LogP contribution in [0.5, 0.6) is 5.75 Å². The molecule has 0 radical (unpaired) electrons. The van der Waals surface area contributed by atoms with Crippen LogP contribution in [0.2, 0.25) is 0 Å². The second kappa shape index (κ2) is 4.87. The summed E-state index contributed by atoms with van der Waals surface area (Å²) < 4.78 is 11.4. The summed E-state index contributed by atoms with van der Waals surface area (Å²) in [6.45, 7) is 6.28. The van der Waals surface area contributed by atoms with E-state index in [0.717, 1.165) is 32.7 Å². The predicted octanol–water partition coefficient (Wildman–Crippen LogP) is 3.34. The average molecular weight is 297 g/mol. The van der Waals surface area contributed by atoms with Gasteiger partial charge in [0.2, 0.25) is 0 Å². The molecule has 0 aliphatic rings. The molecule has 90 valence electrons. The van der Waals surface area contributed by atoms with E-state index < -0.39 is 0 Å². The minimum Gasteiger partial charge on any atom is -0.487 e. The Bertz CT molecular complexity index is 514. The van der Waals surface area contributed by atoms with Gasteiger partial charge in [-0.3, -0.25) is 0 Å². The van der Waals surface area contributed by atoms with E-state index in [1.165, 1.54) is 0 Å². The van der Waals surface area contributed by atoms with Gasteiger partial charge in [0.05, 0.1) is 0 Å². The maximum absolute atomic E-state index is 5.66. The number of aromatic nitrogens is 2. The van der Waals surface area contributed by atoms with Crippen molar-refractivity contribution in [3.63, 3.8) is 0 Å². The quantitative estimate of drug-likeness (QED) is 0.872. The first-order valence-corrected chi connectivity index (χ1v) is 6.05. The number of benzene rings is 1. The van der Waals surface area contributed by atoms with Crippen molar-refractivity contribution in [2.24, 2.45) is 0 Å². The molecular formula is C12H13BrN2O2. The summed E-state index contributed by atoms with van der Waals surface area (Å²) in [6.07, 6.45) is 0. The molecule has 0 amide bonds. The van der Waals surface area contributed by atoms with Gasteiger partial charge in [0.25, 0.3) is 0 Å². The molecule has 2 rings (SSSR count). The number of halogens is 1. The van der Waals surface area contributed by atoms with Gasteiger partial charge in [0.1, 0.15) is 23.7 Å². The first-order chi connectivity index (χ1) is 8.08. The molecule has 17 heavy (non-hydrogen) atoms. The fraction of sp³-hybridized carbons (Fsp3) is 0.333. The first-order valence-electron chi connectivity index (χ1n) is 5.25. The van der Waals surface area contributed by atoms with Gasteiger partial charge >= 0.3 is 0 Å². The van der Waals surface area contributed by atoms with E-state index in [9.17, 15) is 0 Å². The molecule has 0 saturated heterocycles. The van der Waals surface area contributed by atoms with E-state index in [0.29, 0.717) is 6.61 Å². The zero-order chi connectivity index (χ0) is 12.4. The Morgan fingerprint density at radius 3 is 2.35 bits per heavy atom. The molecule has 1 aromatic carbocycles. The van der Waals surface area contributed by atoms with Crippen molar-refractivity contribution in [3.8, 4) is 5.75 Å². The number of hydrogen-bond donors (Lipinski definition) is 0. The van der Waals surface area contributed by atoms with E-state index in [1.807, 2.05) is 32.9 Å². The van der Waals surface area contributed by atoms with Crippen LogP contribution in [0.1, 0.15) is 22.5 Å². The van der Waals surface area contributed by atoms with E-state index in [-0.39, 0.29) is 0 Å². The van der Waals surface area contributed by atoms with Crippen LogP contribution in [0, 0.1) is 20.8 Å². The molecule has 5 heteroatoms. The molecule has 0 atom stereocenters. The normalized spacial score (nSPS) is 10.6. The van der Waals surface area contributed by atoms with Crippen LogP contribution in [0.15, 0.2) is 21.2 Å². The van der Waals surface area contributed by atoms with Crippen LogP contribution >= 0.6 is 15.9 Å². The predicted molar refractivity (Wildman–Crippen MR) is 67.0 cm³/mol. The average Bonchev–Trinajstić information content (AvgIpc) is 2.69. The van der Waals surface area contributed by atoms with Gasteiger partial charge in [-0.25, -0.2) is 4.63 Å². The number of hydrogen-bond acceptors (Lipinski definition) is 4. The van der Waals surface area contributed by atoms with Gasteiger partial charge in [-0.2, -0.15) is 0 Å². The smallest absolute Gasteiger partial charge is 0.145 e. The lowest BCUT2D eigenvalue weighted by atomic mass is 10.1. The molecule has 0 unspecified atom stereocenters. The molecule has 1 aromatic heterocycles. The number of nitrogens with zero attached hydrogens (tertiary/aromatic N) is 2. The molecular weight excluding hydrogens is 284 g/mol. The maximum Gasteiger partial charge on any atom is 0.145 e. The van der Waals surface area contributed by atoms with Crippen LogP contribution in [-0.4, -0.2) is 10.3 Å². The Morgan fingerprint density at radius 1 is 1.18 bits per heavy atom. The lowest BCUT2D eigenvalue weighted by molar-refractivity contribution is 0.270. The third-order valence-electron chi connectivity index (χ3n) is 2.53. The zero-order valence-electron chi connectivity index (χ0n) is 9.95. The van der Waals surface area contributed by atoms with Crippen molar-refractivity contribution in [1.29, 1.82) is 0 Å². The molecule has 0 saturated carbocycles. The van der Waals surface area contributed by atoms with E-state index >= 15 is 0 Å². The SMILES string of the molecule is Cc1cc(OCc2nonc2C)cc(C)c1Br. The van der Waals surface area contributed by atoms with Crippen molar-refractivity contribution < 1.29 is 9.37 Å². The van der Waals surface area contributed by atoms with Gasteiger partial charge in [-0.15, -0.1) is 0 Å². The summed E-state index contributed by atoms with van der Waals surface area (Å²) in [6, 6.07) is 3.97. The van der Waals surface area contributed by atoms with Gasteiger partial charge in [-0.1, -0.05) is 26.2 Å². The lowest BCUT2D eigenvalue weighted by Gasteiger charge is -2.08. The lowest BCUT2D eigenvalue weighted by Crippen LogP contribution is -1.98. The Morgan fingerprint density at radius 2 is 1.82 bits per heavy atom. The second-order valence-corrected chi connectivity index (χ2v) is 4.75. The summed E-state index contributed by atoms with van der Waals surface area (Å²) in [4.78, 5) is 0. The fourth-order valence-electron chi connectivity index (χ4n) is 1.52. The van der Waals surface area contributed by atoms with E-state index in [1.54, 1.807) is 0 Å². The van der Waals surface area contributed by atoms with E-state index in [4.69, 9.17) is 4.74 Å². The highest BCUT2D eigenvalue weighted by atomic mass is 79.9. The molecule has 0 spiro atoms. The summed E-state index contributed by atoms with van der Waals surface area (Å²) in [5.74, 6) is 0.825. The molecule has 0 N–H and O–H groups in total. The maximum atomic E-state index is 5.66. The molecule has 2 aromatic rings. The Labute approximate surface area is 108 Å². The van der Waals surface area contributed by atoms with Crippen molar-refractivity contribution in [3.05, 3.63) is 39.1 Å². The summed E-state index contributed by atoms with van der Waals surface area (Å²) in [5, 5.41) is 7.48. The van der Waals surface area contributed by atoms with Gasteiger partial charge in [0.15, 0.2) is 0 Å². The summed E-state index contributed by atoms with van der Waals surface area (Å²) in [5.41, 5.74) is 3.78. The molecule has 4 nitrogen and oxygen atoms in total. The number of aryl methyl sites for hydroxylation is 3. The number of rotatable bonds is 3. The molecule has 1 heterocycles. The fourth-order valence-corrected chi connectivity index (χ4v) is 1.75. The van der Waals surface area contributed by atoms with Crippen molar-refractivity contribution >= 4 is 15.9 Å². The van der Waals surface area contributed by atoms with Gasteiger partial charge in [0, 0.05) is 4.47 Å². The molecule has 0 fully saturated rings. The highest BCUT2D eigenvalue weighted by molar-refractivity contribution is 9.10. The Hall–Kier alpha value is -1.36. The van der Waals surface area contributed by atoms with Crippen molar-refractivity contribution in [1.82, 2.24) is 10.3 Å². The topological polar surface area (TPSA) is 48.2 Å². The van der Waals surface area contributed by atoms with Gasteiger partial charge in [-0.05, 0) is 44.0 Å². The Balaban J connectivity index is 2.12. The van der Waals surface area contributed by atoms with Crippen molar-refractivity contribution in [2.45, 2.75) is 27.4 Å². The molecule has 0 aliphatic heterocycles. The van der Waals surface area contributed by atoms with Crippen molar-refractivity contribution in [2.75, 3.05) is 0 Å². The van der Waals surface area contributed by atoms with Crippen LogP contribution in [0.25, 0.3) is 0 Å². The highest BCUT2D eigenvalue weighted by Gasteiger charge is 2.07. The van der Waals surface area contributed by atoms with Crippen LogP contribution in [0.4, 0.5) is 0 Å². The van der Waals surface area contributed by atoms with Gasteiger partial charge < -0.3 is 4.74 Å². The molecule has 0 aliphatic carbocycles. The highest BCUT2D eigenvalue weighted by Crippen LogP contribution is 2.26. The first kappa shape index (κ1) is 12.1.